The van der Waals surface area contributed by atoms with Crippen LogP contribution in [0.25, 0.3) is 11.7 Å². The number of ether oxygens (including phenoxy) is 1. The molecule has 0 saturated carbocycles. The number of carbonyl (C=O) groups is 2. The fraction of sp³-hybridized carbons (Fsp3) is 0.281. The molecule has 4 aromatic rings. The highest BCUT2D eigenvalue weighted by Crippen LogP contribution is 2.34. The number of aromatic nitrogens is 2. The van der Waals surface area contributed by atoms with E-state index in [1.807, 2.05) is 59.5 Å². The Morgan fingerprint density at radius 3 is 2.71 bits per heavy atom. The van der Waals surface area contributed by atoms with Gasteiger partial charge < -0.3 is 15.0 Å². The van der Waals surface area contributed by atoms with Gasteiger partial charge in [0.15, 0.2) is 0 Å². The first-order valence-corrected chi connectivity index (χ1v) is 15.1. The molecule has 0 atom stereocenters. The third kappa shape index (κ3) is 6.29. The van der Waals surface area contributed by atoms with Gasteiger partial charge in [-0.3, -0.25) is 14.0 Å². The number of thioether (sulfide) groups is 1. The standard InChI is InChI=1S/C32H31ClN4O3S/c33-24-11-12-26(27(18-24)40-21-23-6-2-1-3-7-23)32(39)36-16-13-22(14-17-36)8-5-15-34-31(38)28-19-25-20-35-29-9-4-10-30(41-28)37(25)29/h1-4,6-7,9-12,18-20,22H,5,8,13-17,21H2,(H,34,38). The minimum absolute atomic E-state index is 0.0225. The van der Waals surface area contributed by atoms with Crippen molar-refractivity contribution >= 4 is 46.9 Å². The molecule has 0 bridgehead atoms. The van der Waals surface area contributed by atoms with Gasteiger partial charge in [0.2, 0.25) is 0 Å². The molecular formula is C32H31ClN4O3S. The molecule has 1 saturated heterocycles. The monoisotopic (exact) mass is 586 g/mol. The molecule has 1 N–H and O–H groups in total. The first-order chi connectivity index (χ1) is 20.0. The number of piperidine rings is 1. The van der Waals surface area contributed by atoms with Crippen molar-refractivity contribution in [3.8, 4) is 5.75 Å². The van der Waals surface area contributed by atoms with Crippen LogP contribution in [0, 0.1) is 5.92 Å². The van der Waals surface area contributed by atoms with Crippen LogP contribution in [0.3, 0.4) is 0 Å². The largest absolute Gasteiger partial charge is 0.488 e. The topological polar surface area (TPSA) is 75.9 Å². The van der Waals surface area contributed by atoms with E-state index in [2.05, 4.69) is 14.7 Å². The van der Waals surface area contributed by atoms with Crippen molar-refractivity contribution < 1.29 is 14.3 Å². The molecule has 4 heterocycles. The first-order valence-electron chi connectivity index (χ1n) is 13.9. The molecule has 2 aliphatic rings. The normalized spacial score (nSPS) is 15.0. The summed E-state index contributed by atoms with van der Waals surface area (Å²) in [6.45, 7) is 2.42. The number of likely N-dealkylation sites (tertiary alicyclic amines) is 1. The summed E-state index contributed by atoms with van der Waals surface area (Å²) in [4.78, 5) is 33.2. The van der Waals surface area contributed by atoms with Crippen molar-refractivity contribution in [1.82, 2.24) is 19.6 Å². The number of pyridine rings is 1. The van der Waals surface area contributed by atoms with E-state index in [-0.39, 0.29) is 11.8 Å². The van der Waals surface area contributed by atoms with Crippen LogP contribution in [0.2, 0.25) is 5.02 Å². The van der Waals surface area contributed by atoms with Gasteiger partial charge in [0, 0.05) is 24.7 Å². The van der Waals surface area contributed by atoms with E-state index in [1.165, 1.54) is 11.8 Å². The zero-order valence-corrected chi connectivity index (χ0v) is 24.2. The van der Waals surface area contributed by atoms with Crippen LogP contribution in [0.1, 0.15) is 47.3 Å². The van der Waals surface area contributed by atoms with Crippen molar-refractivity contribution in [3.63, 3.8) is 0 Å². The van der Waals surface area contributed by atoms with Crippen molar-refractivity contribution in [2.75, 3.05) is 19.6 Å². The van der Waals surface area contributed by atoms with E-state index in [9.17, 15) is 9.59 Å². The Labute approximate surface area is 248 Å². The molecule has 2 aliphatic heterocycles. The van der Waals surface area contributed by atoms with E-state index < -0.39 is 0 Å². The minimum atomic E-state index is -0.0480. The Bertz CT molecular complexity index is 1600. The van der Waals surface area contributed by atoms with Crippen LogP contribution in [0.5, 0.6) is 5.75 Å². The van der Waals surface area contributed by atoms with E-state index >= 15 is 0 Å². The fourth-order valence-corrected chi connectivity index (χ4v) is 6.57. The second kappa shape index (κ2) is 12.4. The lowest BCUT2D eigenvalue weighted by Crippen LogP contribution is -2.38. The number of rotatable bonds is 9. The average Bonchev–Trinajstić information content (AvgIpc) is 3.43. The van der Waals surface area contributed by atoms with Crippen LogP contribution < -0.4 is 10.1 Å². The molecule has 7 nitrogen and oxygen atoms in total. The molecule has 1 fully saturated rings. The quantitative estimate of drug-likeness (QED) is 0.228. The number of imidazole rings is 1. The Kier molecular flexibility index (Phi) is 8.30. The Hall–Kier alpha value is -3.75. The smallest absolute Gasteiger partial charge is 0.258 e. The molecule has 0 radical (unpaired) electrons. The molecule has 0 spiro atoms. The number of benzene rings is 2. The van der Waals surface area contributed by atoms with E-state index in [4.69, 9.17) is 16.3 Å². The first kappa shape index (κ1) is 27.4. The molecule has 9 heteroatoms. The summed E-state index contributed by atoms with van der Waals surface area (Å²) in [6.07, 6.45) is 7.52. The molecule has 6 rings (SSSR count). The number of halogens is 1. The van der Waals surface area contributed by atoms with Gasteiger partial charge in [-0.15, -0.1) is 0 Å². The van der Waals surface area contributed by atoms with Crippen LogP contribution in [0.15, 0.2) is 82.9 Å². The number of hydrogen-bond acceptors (Lipinski definition) is 5. The van der Waals surface area contributed by atoms with Crippen LogP contribution in [-0.4, -0.2) is 45.7 Å². The van der Waals surface area contributed by atoms with Crippen LogP contribution in [-0.2, 0) is 11.4 Å². The maximum absolute atomic E-state index is 13.4. The average molecular weight is 587 g/mol. The molecule has 210 valence electrons. The second-order valence-electron chi connectivity index (χ2n) is 10.4. The van der Waals surface area contributed by atoms with Crippen molar-refractivity contribution in [3.05, 3.63) is 99.7 Å². The van der Waals surface area contributed by atoms with Crippen molar-refractivity contribution in [2.45, 2.75) is 37.3 Å². The van der Waals surface area contributed by atoms with Gasteiger partial charge in [-0.1, -0.05) is 59.8 Å². The summed E-state index contributed by atoms with van der Waals surface area (Å²) in [7, 11) is 0. The third-order valence-electron chi connectivity index (χ3n) is 7.63. The lowest BCUT2D eigenvalue weighted by molar-refractivity contribution is -0.116. The van der Waals surface area contributed by atoms with Gasteiger partial charge in [0.25, 0.3) is 11.8 Å². The summed E-state index contributed by atoms with van der Waals surface area (Å²) >= 11 is 7.70. The van der Waals surface area contributed by atoms with E-state index in [0.29, 0.717) is 53.4 Å². The fourth-order valence-electron chi connectivity index (χ4n) is 5.40. The molecule has 2 aromatic carbocycles. The Morgan fingerprint density at radius 1 is 1.05 bits per heavy atom. The summed E-state index contributed by atoms with van der Waals surface area (Å²) in [6, 6.07) is 21.0. The van der Waals surface area contributed by atoms with Gasteiger partial charge in [-0.05, 0) is 73.6 Å². The molecule has 0 unspecified atom stereocenters. The molecular weight excluding hydrogens is 556 g/mol. The molecule has 2 aromatic heterocycles. The van der Waals surface area contributed by atoms with Gasteiger partial charge >= 0.3 is 0 Å². The van der Waals surface area contributed by atoms with Gasteiger partial charge in [0.1, 0.15) is 18.0 Å². The van der Waals surface area contributed by atoms with Crippen LogP contribution >= 0.6 is 23.4 Å². The molecule has 41 heavy (non-hydrogen) atoms. The van der Waals surface area contributed by atoms with Crippen LogP contribution in [0.4, 0.5) is 0 Å². The zero-order chi connectivity index (χ0) is 28.2. The lowest BCUT2D eigenvalue weighted by atomic mass is 9.92. The SMILES string of the molecule is O=C(NCCCC1CCN(C(=O)c2ccc(Cl)cc2OCc2ccccc2)CC1)C1=Cc2cnc3cccc(n23)S1. The minimum Gasteiger partial charge on any atom is -0.488 e. The summed E-state index contributed by atoms with van der Waals surface area (Å²) < 4.78 is 8.08. The number of carbonyl (C=O) groups excluding carboxylic acids is 2. The number of nitrogens with one attached hydrogen (secondary N) is 1. The van der Waals surface area contributed by atoms with Gasteiger partial charge in [0.05, 0.1) is 27.4 Å². The number of nitrogens with zero attached hydrogens (tertiary/aromatic N) is 3. The maximum atomic E-state index is 13.4. The Balaban J connectivity index is 0.960. The number of hydrogen-bond donors (Lipinski definition) is 1. The van der Waals surface area contributed by atoms with Crippen molar-refractivity contribution in [2.24, 2.45) is 5.92 Å². The van der Waals surface area contributed by atoms with E-state index in [0.717, 1.165) is 47.6 Å². The highest BCUT2D eigenvalue weighted by Gasteiger charge is 2.26. The zero-order valence-electron chi connectivity index (χ0n) is 22.6. The highest BCUT2D eigenvalue weighted by molar-refractivity contribution is 8.04. The molecule has 2 amide bonds. The molecule has 0 aliphatic carbocycles. The predicted octanol–water partition coefficient (Wildman–Crippen LogP) is 6.46. The van der Waals surface area contributed by atoms with Gasteiger partial charge in [-0.2, -0.15) is 0 Å². The maximum Gasteiger partial charge on any atom is 0.258 e. The highest BCUT2D eigenvalue weighted by atomic mass is 35.5. The lowest BCUT2D eigenvalue weighted by Gasteiger charge is -2.32. The van der Waals surface area contributed by atoms with E-state index in [1.54, 1.807) is 24.4 Å². The predicted molar refractivity (Wildman–Crippen MR) is 162 cm³/mol. The second-order valence-corrected chi connectivity index (χ2v) is 11.9. The summed E-state index contributed by atoms with van der Waals surface area (Å²) in [5, 5.41) is 4.62. The Morgan fingerprint density at radius 2 is 1.88 bits per heavy atom. The third-order valence-corrected chi connectivity index (χ3v) is 8.91. The summed E-state index contributed by atoms with van der Waals surface area (Å²) in [5.41, 5.74) is 3.38. The number of amides is 2. The van der Waals surface area contributed by atoms with Crippen molar-refractivity contribution in [1.29, 1.82) is 0 Å². The summed E-state index contributed by atoms with van der Waals surface area (Å²) in [5.74, 6) is 0.973. The van der Waals surface area contributed by atoms with Gasteiger partial charge in [-0.25, -0.2) is 4.98 Å².